The van der Waals surface area contributed by atoms with E-state index in [1.165, 1.54) is 11.1 Å². The van der Waals surface area contributed by atoms with Crippen molar-refractivity contribution >= 4 is 11.4 Å². The van der Waals surface area contributed by atoms with Gasteiger partial charge >= 0.3 is 0 Å². The molecule has 1 unspecified atom stereocenters. The second kappa shape index (κ2) is 9.78. The van der Waals surface area contributed by atoms with Crippen molar-refractivity contribution in [1.82, 2.24) is 4.90 Å². The van der Waals surface area contributed by atoms with Gasteiger partial charge in [-0.1, -0.05) is 66.7 Å². The molecule has 0 aliphatic heterocycles. The van der Waals surface area contributed by atoms with Gasteiger partial charge in [-0.25, -0.2) is 0 Å². The number of nitrogens with zero attached hydrogens (tertiary/aromatic N) is 1. The van der Waals surface area contributed by atoms with Crippen LogP contribution in [0.3, 0.4) is 0 Å². The Bertz CT molecular complexity index is 815. The van der Waals surface area contributed by atoms with E-state index in [2.05, 4.69) is 29.2 Å². The summed E-state index contributed by atoms with van der Waals surface area (Å²) in [6.45, 7) is 2.11. The lowest BCUT2D eigenvalue weighted by atomic mass is 10.1. The Morgan fingerprint density at radius 1 is 0.786 bits per heavy atom. The maximum atomic E-state index is 10.6. The van der Waals surface area contributed by atoms with Gasteiger partial charge in [0.15, 0.2) is 0 Å². The van der Waals surface area contributed by atoms with Crippen molar-refractivity contribution < 1.29 is 9.84 Å². The average Bonchev–Trinajstić information content (AvgIpc) is 2.70. The van der Waals surface area contributed by atoms with E-state index in [1.807, 2.05) is 36.4 Å². The number of nitrogens with two attached hydrogens (primary N) is 2. The number of ether oxygens (including phenoxy) is 1. The molecule has 0 radical (unpaired) electrons. The van der Waals surface area contributed by atoms with E-state index in [4.69, 9.17) is 16.2 Å². The van der Waals surface area contributed by atoms with E-state index in [-0.39, 0.29) is 6.61 Å². The van der Waals surface area contributed by atoms with Gasteiger partial charge in [0.25, 0.3) is 0 Å². The molecule has 0 spiro atoms. The highest BCUT2D eigenvalue weighted by atomic mass is 16.5. The van der Waals surface area contributed by atoms with Crippen molar-refractivity contribution in [3.8, 4) is 5.75 Å². The van der Waals surface area contributed by atoms with Crippen molar-refractivity contribution in [3.05, 3.63) is 90.0 Å². The van der Waals surface area contributed by atoms with Crippen LogP contribution in [-0.4, -0.2) is 29.3 Å². The number of benzene rings is 3. The molecule has 0 bridgehead atoms. The molecule has 28 heavy (non-hydrogen) atoms. The molecule has 0 saturated heterocycles. The highest BCUT2D eigenvalue weighted by Crippen LogP contribution is 2.26. The number of aliphatic hydroxyl groups is 1. The van der Waals surface area contributed by atoms with Crippen LogP contribution in [0.4, 0.5) is 11.4 Å². The van der Waals surface area contributed by atoms with Gasteiger partial charge in [0.05, 0.1) is 11.4 Å². The molecular formula is C23H27N3O2. The molecule has 5 nitrogen and oxygen atoms in total. The second-order valence-corrected chi connectivity index (χ2v) is 6.86. The quantitative estimate of drug-likeness (QED) is 0.498. The van der Waals surface area contributed by atoms with Gasteiger partial charge in [-0.2, -0.15) is 0 Å². The Morgan fingerprint density at radius 2 is 1.36 bits per heavy atom. The summed E-state index contributed by atoms with van der Waals surface area (Å²) in [5, 5.41) is 10.6. The molecule has 3 aromatic rings. The van der Waals surface area contributed by atoms with Crippen molar-refractivity contribution in [2.24, 2.45) is 0 Å². The predicted molar refractivity (Wildman–Crippen MR) is 114 cm³/mol. The molecular weight excluding hydrogens is 350 g/mol. The Morgan fingerprint density at radius 3 is 1.93 bits per heavy atom. The maximum absolute atomic E-state index is 10.6. The Labute approximate surface area is 166 Å². The van der Waals surface area contributed by atoms with Crippen LogP contribution < -0.4 is 16.2 Å². The van der Waals surface area contributed by atoms with Gasteiger partial charge in [0.2, 0.25) is 0 Å². The first kappa shape index (κ1) is 19.7. The molecule has 146 valence electrons. The number of nitrogen functional groups attached to an aromatic ring is 2. The topological polar surface area (TPSA) is 84.7 Å². The summed E-state index contributed by atoms with van der Waals surface area (Å²) >= 11 is 0. The zero-order valence-corrected chi connectivity index (χ0v) is 15.9. The second-order valence-electron chi connectivity index (χ2n) is 6.86. The van der Waals surface area contributed by atoms with Gasteiger partial charge in [-0.05, 0) is 23.3 Å². The normalized spacial score (nSPS) is 12.1. The van der Waals surface area contributed by atoms with Crippen LogP contribution in [0.15, 0.2) is 78.9 Å². The summed E-state index contributed by atoms with van der Waals surface area (Å²) < 4.78 is 5.70. The first-order valence-electron chi connectivity index (χ1n) is 9.37. The molecule has 0 heterocycles. The van der Waals surface area contributed by atoms with Gasteiger partial charge in [0.1, 0.15) is 18.5 Å². The Hall–Kier alpha value is -3.02. The third-order valence-electron chi connectivity index (χ3n) is 4.50. The van der Waals surface area contributed by atoms with Crippen molar-refractivity contribution in [3.63, 3.8) is 0 Å². The summed E-state index contributed by atoms with van der Waals surface area (Å²) in [5.41, 5.74) is 15.0. The SMILES string of the molecule is Nc1cccc(OCC(O)CN(Cc2ccccc2)Cc2ccccc2)c1N. The van der Waals surface area contributed by atoms with Gasteiger partial charge in [0, 0.05) is 19.6 Å². The molecule has 5 heteroatoms. The number of hydrogen-bond donors (Lipinski definition) is 3. The zero-order chi connectivity index (χ0) is 19.8. The first-order chi connectivity index (χ1) is 13.6. The lowest BCUT2D eigenvalue weighted by Crippen LogP contribution is -2.35. The van der Waals surface area contributed by atoms with Crippen LogP contribution in [0, 0.1) is 0 Å². The molecule has 1 atom stereocenters. The predicted octanol–water partition coefficient (Wildman–Crippen LogP) is 3.29. The molecule has 5 N–H and O–H groups in total. The minimum atomic E-state index is -0.659. The molecule has 0 aliphatic carbocycles. The van der Waals surface area contributed by atoms with Crippen LogP contribution in [0.25, 0.3) is 0 Å². The fourth-order valence-corrected chi connectivity index (χ4v) is 3.09. The van der Waals surface area contributed by atoms with Crippen LogP contribution >= 0.6 is 0 Å². The zero-order valence-electron chi connectivity index (χ0n) is 15.9. The van der Waals surface area contributed by atoms with Crippen LogP contribution in [0.2, 0.25) is 0 Å². The minimum Gasteiger partial charge on any atom is -0.489 e. The fourth-order valence-electron chi connectivity index (χ4n) is 3.09. The van der Waals surface area contributed by atoms with E-state index in [0.29, 0.717) is 23.7 Å². The van der Waals surface area contributed by atoms with Gasteiger partial charge in [-0.15, -0.1) is 0 Å². The molecule has 0 fully saturated rings. The van der Waals surface area contributed by atoms with E-state index in [0.717, 1.165) is 13.1 Å². The van der Waals surface area contributed by atoms with Gasteiger partial charge in [-0.3, -0.25) is 4.90 Å². The van der Waals surface area contributed by atoms with Crippen LogP contribution in [0.1, 0.15) is 11.1 Å². The minimum absolute atomic E-state index is 0.147. The molecule has 0 aromatic heterocycles. The highest BCUT2D eigenvalue weighted by molar-refractivity contribution is 5.70. The van der Waals surface area contributed by atoms with E-state index in [9.17, 15) is 5.11 Å². The van der Waals surface area contributed by atoms with Crippen molar-refractivity contribution in [2.45, 2.75) is 19.2 Å². The molecule has 0 amide bonds. The van der Waals surface area contributed by atoms with Crippen molar-refractivity contribution in [1.29, 1.82) is 0 Å². The maximum Gasteiger partial charge on any atom is 0.144 e. The summed E-state index contributed by atoms with van der Waals surface area (Å²) in [6, 6.07) is 25.7. The standard InChI is InChI=1S/C23H27N3O2/c24-21-12-7-13-22(23(21)25)28-17-20(27)16-26(14-18-8-3-1-4-9-18)15-19-10-5-2-6-11-19/h1-13,20,27H,14-17,24-25H2. The molecule has 3 rings (SSSR count). The van der Waals surface area contributed by atoms with Gasteiger partial charge < -0.3 is 21.3 Å². The third-order valence-corrected chi connectivity index (χ3v) is 4.50. The lowest BCUT2D eigenvalue weighted by Gasteiger charge is -2.25. The first-order valence-corrected chi connectivity index (χ1v) is 9.37. The van der Waals surface area contributed by atoms with E-state index < -0.39 is 6.10 Å². The Kier molecular flexibility index (Phi) is 6.89. The monoisotopic (exact) mass is 377 g/mol. The number of rotatable bonds is 9. The van der Waals surface area contributed by atoms with Crippen LogP contribution in [0.5, 0.6) is 5.75 Å². The molecule has 3 aromatic carbocycles. The summed E-state index contributed by atoms with van der Waals surface area (Å²) in [4.78, 5) is 2.21. The fraction of sp³-hybridized carbons (Fsp3) is 0.217. The van der Waals surface area contributed by atoms with Crippen molar-refractivity contribution in [2.75, 3.05) is 24.6 Å². The van der Waals surface area contributed by atoms with E-state index >= 15 is 0 Å². The van der Waals surface area contributed by atoms with E-state index in [1.54, 1.807) is 18.2 Å². The number of para-hydroxylation sites is 1. The number of aliphatic hydroxyl groups excluding tert-OH is 1. The number of anilines is 2. The molecule has 0 aliphatic rings. The molecule has 0 saturated carbocycles. The van der Waals surface area contributed by atoms with Crippen LogP contribution in [-0.2, 0) is 13.1 Å². The third kappa shape index (κ3) is 5.74. The summed E-state index contributed by atoms with van der Waals surface area (Å²) in [7, 11) is 0. The smallest absolute Gasteiger partial charge is 0.144 e. The average molecular weight is 377 g/mol. The summed E-state index contributed by atoms with van der Waals surface area (Å²) in [6.07, 6.45) is -0.659. The number of hydrogen-bond acceptors (Lipinski definition) is 5. The largest absolute Gasteiger partial charge is 0.489 e. The lowest BCUT2D eigenvalue weighted by molar-refractivity contribution is 0.0631. The Balaban J connectivity index is 1.63. The summed E-state index contributed by atoms with van der Waals surface area (Å²) in [5.74, 6) is 0.497. The highest BCUT2D eigenvalue weighted by Gasteiger charge is 2.15.